The van der Waals surface area contributed by atoms with Crippen molar-refractivity contribution in [2.75, 3.05) is 20.3 Å². The van der Waals surface area contributed by atoms with E-state index in [0.29, 0.717) is 19.6 Å². The summed E-state index contributed by atoms with van der Waals surface area (Å²) in [5.41, 5.74) is 1.01. The molecule has 1 aliphatic heterocycles. The first kappa shape index (κ1) is 12.7. The van der Waals surface area contributed by atoms with Gasteiger partial charge in [0, 0.05) is 13.2 Å². The summed E-state index contributed by atoms with van der Waals surface area (Å²) in [5, 5.41) is 8.96. The van der Waals surface area contributed by atoms with Gasteiger partial charge in [-0.05, 0) is 24.1 Å². The number of carbonyl (C=O) groups is 1. The van der Waals surface area contributed by atoms with Gasteiger partial charge in [0.2, 0.25) is 0 Å². The Bertz CT molecular complexity index is 404. The molecule has 1 atom stereocenters. The standard InChI is InChI=1S/C13H17NO4/c1-17-12-4-2-10(3-5-12)8-14-11(6-7-15)9-18-13(14)16/h2-5,11,15H,6-9H2,1H3. The number of cyclic esters (lactones) is 1. The van der Waals surface area contributed by atoms with Gasteiger partial charge in [0.1, 0.15) is 12.4 Å². The van der Waals surface area contributed by atoms with Crippen molar-refractivity contribution in [3.63, 3.8) is 0 Å². The number of hydrogen-bond acceptors (Lipinski definition) is 4. The van der Waals surface area contributed by atoms with Gasteiger partial charge in [0.25, 0.3) is 0 Å². The van der Waals surface area contributed by atoms with Crippen molar-refractivity contribution in [3.8, 4) is 5.75 Å². The van der Waals surface area contributed by atoms with Gasteiger partial charge >= 0.3 is 6.09 Å². The highest BCUT2D eigenvalue weighted by Gasteiger charge is 2.32. The molecule has 1 fully saturated rings. The van der Waals surface area contributed by atoms with Gasteiger partial charge < -0.3 is 14.6 Å². The Kier molecular flexibility index (Phi) is 4.04. The molecule has 0 aromatic heterocycles. The molecule has 98 valence electrons. The number of ether oxygens (including phenoxy) is 2. The number of carbonyl (C=O) groups excluding carboxylic acids is 1. The number of benzene rings is 1. The number of aliphatic hydroxyl groups is 1. The van der Waals surface area contributed by atoms with Crippen LogP contribution >= 0.6 is 0 Å². The largest absolute Gasteiger partial charge is 0.497 e. The highest BCUT2D eigenvalue weighted by molar-refractivity contribution is 5.70. The van der Waals surface area contributed by atoms with Gasteiger partial charge in [0.05, 0.1) is 13.2 Å². The Morgan fingerprint density at radius 2 is 2.17 bits per heavy atom. The van der Waals surface area contributed by atoms with Crippen LogP contribution in [0, 0.1) is 0 Å². The van der Waals surface area contributed by atoms with Crippen molar-refractivity contribution in [2.24, 2.45) is 0 Å². The lowest BCUT2D eigenvalue weighted by Gasteiger charge is -2.20. The second-order valence-electron chi connectivity index (χ2n) is 4.22. The quantitative estimate of drug-likeness (QED) is 0.859. The van der Waals surface area contributed by atoms with Crippen LogP contribution in [0.2, 0.25) is 0 Å². The van der Waals surface area contributed by atoms with Crippen LogP contribution in [0.1, 0.15) is 12.0 Å². The zero-order valence-electron chi connectivity index (χ0n) is 10.3. The average molecular weight is 251 g/mol. The topological polar surface area (TPSA) is 59.0 Å². The molecule has 1 heterocycles. The van der Waals surface area contributed by atoms with Crippen molar-refractivity contribution in [2.45, 2.75) is 19.0 Å². The molecule has 1 aromatic rings. The van der Waals surface area contributed by atoms with Crippen LogP contribution in [-0.4, -0.2) is 42.5 Å². The van der Waals surface area contributed by atoms with Crippen LogP contribution in [-0.2, 0) is 11.3 Å². The minimum absolute atomic E-state index is 0.0374. The molecule has 1 saturated heterocycles. The highest BCUT2D eigenvalue weighted by atomic mass is 16.6. The predicted octanol–water partition coefficient (Wildman–Crippen LogP) is 1.40. The van der Waals surface area contributed by atoms with E-state index >= 15 is 0 Å². The molecular weight excluding hydrogens is 234 g/mol. The number of rotatable bonds is 5. The molecule has 1 N–H and O–H groups in total. The van der Waals surface area contributed by atoms with E-state index in [4.69, 9.17) is 14.6 Å². The summed E-state index contributed by atoms with van der Waals surface area (Å²) in [5.74, 6) is 0.787. The maximum absolute atomic E-state index is 11.6. The molecule has 0 spiro atoms. The zero-order valence-corrected chi connectivity index (χ0v) is 10.3. The van der Waals surface area contributed by atoms with Gasteiger partial charge in [0.15, 0.2) is 0 Å². The lowest BCUT2D eigenvalue weighted by Crippen LogP contribution is -2.33. The fourth-order valence-electron chi connectivity index (χ4n) is 2.00. The fourth-order valence-corrected chi connectivity index (χ4v) is 2.00. The summed E-state index contributed by atoms with van der Waals surface area (Å²) in [6.07, 6.45) is 0.228. The van der Waals surface area contributed by atoms with Gasteiger partial charge in [-0.3, -0.25) is 4.90 Å². The third-order valence-electron chi connectivity index (χ3n) is 3.05. The second-order valence-corrected chi connectivity index (χ2v) is 4.22. The fraction of sp³-hybridized carbons (Fsp3) is 0.462. The molecule has 0 radical (unpaired) electrons. The molecule has 0 aliphatic carbocycles. The van der Waals surface area contributed by atoms with E-state index in [1.807, 2.05) is 24.3 Å². The Hall–Kier alpha value is -1.75. The molecule has 0 bridgehead atoms. The first-order valence-corrected chi connectivity index (χ1v) is 5.91. The first-order valence-electron chi connectivity index (χ1n) is 5.91. The Labute approximate surface area is 106 Å². The molecule has 1 aliphatic rings. The monoisotopic (exact) mass is 251 g/mol. The van der Waals surface area contributed by atoms with Crippen LogP contribution in [0.25, 0.3) is 0 Å². The molecule has 5 heteroatoms. The van der Waals surface area contributed by atoms with E-state index in [1.54, 1.807) is 12.0 Å². The van der Waals surface area contributed by atoms with Crippen LogP contribution in [0.15, 0.2) is 24.3 Å². The van der Waals surface area contributed by atoms with Gasteiger partial charge in [-0.1, -0.05) is 12.1 Å². The molecule has 1 aromatic carbocycles. The lowest BCUT2D eigenvalue weighted by atomic mass is 10.1. The molecule has 1 unspecified atom stereocenters. The van der Waals surface area contributed by atoms with Crippen molar-refractivity contribution >= 4 is 6.09 Å². The maximum atomic E-state index is 11.6. The third-order valence-corrected chi connectivity index (χ3v) is 3.05. The summed E-state index contributed by atoms with van der Waals surface area (Å²) in [4.78, 5) is 13.2. The van der Waals surface area contributed by atoms with Crippen LogP contribution in [0.3, 0.4) is 0 Å². The summed E-state index contributed by atoms with van der Waals surface area (Å²) in [6, 6.07) is 7.51. The normalized spacial score (nSPS) is 18.9. The predicted molar refractivity (Wildman–Crippen MR) is 65.4 cm³/mol. The highest BCUT2D eigenvalue weighted by Crippen LogP contribution is 2.20. The van der Waals surface area contributed by atoms with Crippen molar-refractivity contribution in [3.05, 3.63) is 29.8 Å². The first-order chi connectivity index (χ1) is 8.74. The summed E-state index contributed by atoms with van der Waals surface area (Å²) < 4.78 is 10.1. The van der Waals surface area contributed by atoms with Crippen LogP contribution in [0.4, 0.5) is 4.79 Å². The van der Waals surface area contributed by atoms with Crippen LogP contribution < -0.4 is 4.74 Å². The van der Waals surface area contributed by atoms with E-state index in [0.717, 1.165) is 11.3 Å². The van der Waals surface area contributed by atoms with E-state index < -0.39 is 0 Å². The Morgan fingerprint density at radius 1 is 1.44 bits per heavy atom. The average Bonchev–Trinajstić information content (AvgIpc) is 2.73. The SMILES string of the molecule is COc1ccc(CN2C(=O)OCC2CCO)cc1. The van der Waals surface area contributed by atoms with E-state index in [2.05, 4.69) is 0 Å². The molecular formula is C13H17NO4. The molecule has 5 nitrogen and oxygen atoms in total. The molecule has 18 heavy (non-hydrogen) atoms. The van der Waals surface area contributed by atoms with Crippen molar-refractivity contribution in [1.29, 1.82) is 0 Å². The maximum Gasteiger partial charge on any atom is 0.410 e. The third kappa shape index (κ3) is 2.73. The van der Waals surface area contributed by atoms with Gasteiger partial charge in [-0.25, -0.2) is 4.79 Å². The Morgan fingerprint density at radius 3 is 2.78 bits per heavy atom. The zero-order chi connectivity index (χ0) is 13.0. The van der Waals surface area contributed by atoms with Gasteiger partial charge in [-0.15, -0.1) is 0 Å². The van der Waals surface area contributed by atoms with E-state index in [1.165, 1.54) is 0 Å². The summed E-state index contributed by atoms with van der Waals surface area (Å²) >= 11 is 0. The minimum atomic E-state index is -0.315. The van der Waals surface area contributed by atoms with Crippen LogP contribution in [0.5, 0.6) is 5.75 Å². The molecule has 1 amide bonds. The van der Waals surface area contributed by atoms with E-state index in [-0.39, 0.29) is 18.7 Å². The lowest BCUT2D eigenvalue weighted by molar-refractivity contribution is 0.155. The number of amides is 1. The number of nitrogens with zero attached hydrogens (tertiary/aromatic N) is 1. The number of hydrogen-bond donors (Lipinski definition) is 1. The molecule has 0 saturated carbocycles. The van der Waals surface area contributed by atoms with Crippen molar-refractivity contribution < 1.29 is 19.4 Å². The van der Waals surface area contributed by atoms with Gasteiger partial charge in [-0.2, -0.15) is 0 Å². The molecule has 2 rings (SSSR count). The Balaban J connectivity index is 2.03. The number of methoxy groups -OCH3 is 1. The number of aliphatic hydroxyl groups excluding tert-OH is 1. The van der Waals surface area contributed by atoms with E-state index in [9.17, 15) is 4.79 Å². The minimum Gasteiger partial charge on any atom is -0.497 e. The summed E-state index contributed by atoms with van der Waals surface area (Å²) in [7, 11) is 1.62. The summed E-state index contributed by atoms with van der Waals surface area (Å²) in [6.45, 7) is 0.906. The van der Waals surface area contributed by atoms with Crippen molar-refractivity contribution in [1.82, 2.24) is 4.90 Å². The smallest absolute Gasteiger partial charge is 0.410 e. The second kappa shape index (κ2) is 5.73.